The SMILES string of the molecule is CCCCCCCNC(=O)N(C)c1cccc(-c2ccc(C=C(C)C(=O)O)c(F)c2)c1. The average Bonchev–Trinajstić information content (AvgIpc) is 2.76. The van der Waals surface area contributed by atoms with Gasteiger partial charge < -0.3 is 10.4 Å². The summed E-state index contributed by atoms with van der Waals surface area (Å²) in [5.41, 5.74) is 2.39. The summed E-state index contributed by atoms with van der Waals surface area (Å²) in [5.74, 6) is -1.59. The Morgan fingerprint density at radius 1 is 1.06 bits per heavy atom. The number of carbonyl (C=O) groups is 2. The normalized spacial score (nSPS) is 11.3. The molecule has 2 N–H and O–H groups in total. The number of amides is 2. The molecule has 2 amide bonds. The van der Waals surface area contributed by atoms with E-state index in [1.54, 1.807) is 24.1 Å². The maximum absolute atomic E-state index is 14.5. The van der Waals surface area contributed by atoms with Crippen LogP contribution in [0.25, 0.3) is 17.2 Å². The van der Waals surface area contributed by atoms with E-state index in [4.69, 9.17) is 5.11 Å². The smallest absolute Gasteiger partial charge is 0.331 e. The van der Waals surface area contributed by atoms with E-state index in [9.17, 15) is 14.0 Å². The van der Waals surface area contributed by atoms with Crippen LogP contribution in [-0.4, -0.2) is 30.7 Å². The number of anilines is 1. The highest BCUT2D eigenvalue weighted by atomic mass is 19.1. The lowest BCUT2D eigenvalue weighted by molar-refractivity contribution is -0.132. The van der Waals surface area contributed by atoms with Crippen LogP contribution in [0.3, 0.4) is 0 Å². The Balaban J connectivity index is 2.07. The molecule has 0 spiro atoms. The Hall–Kier alpha value is -3.15. The fourth-order valence-electron chi connectivity index (χ4n) is 3.17. The van der Waals surface area contributed by atoms with Gasteiger partial charge in [-0.25, -0.2) is 14.0 Å². The summed E-state index contributed by atoms with van der Waals surface area (Å²) in [7, 11) is 1.70. The highest BCUT2D eigenvalue weighted by Crippen LogP contribution is 2.26. The van der Waals surface area contributed by atoms with Gasteiger partial charge >= 0.3 is 12.0 Å². The number of rotatable bonds is 10. The fourth-order valence-corrected chi connectivity index (χ4v) is 3.17. The second-order valence-corrected chi connectivity index (χ2v) is 7.62. The molecule has 0 unspecified atom stereocenters. The van der Waals surface area contributed by atoms with Crippen molar-refractivity contribution in [2.24, 2.45) is 0 Å². The minimum atomic E-state index is -1.08. The summed E-state index contributed by atoms with van der Waals surface area (Å²) in [4.78, 5) is 24.9. The molecule has 0 radical (unpaired) electrons. The molecule has 0 saturated heterocycles. The van der Waals surface area contributed by atoms with Crippen LogP contribution in [0, 0.1) is 5.82 Å². The van der Waals surface area contributed by atoms with Gasteiger partial charge in [0, 0.05) is 30.4 Å². The summed E-state index contributed by atoms with van der Waals surface area (Å²) >= 11 is 0. The predicted octanol–water partition coefficient (Wildman–Crippen LogP) is 6.10. The van der Waals surface area contributed by atoms with Crippen molar-refractivity contribution in [2.45, 2.75) is 46.0 Å². The first-order valence-electron chi connectivity index (χ1n) is 10.7. The van der Waals surface area contributed by atoms with E-state index < -0.39 is 11.8 Å². The first-order valence-corrected chi connectivity index (χ1v) is 10.7. The molecule has 6 heteroatoms. The first-order chi connectivity index (χ1) is 14.8. The second-order valence-electron chi connectivity index (χ2n) is 7.62. The van der Waals surface area contributed by atoms with Crippen molar-refractivity contribution in [3.63, 3.8) is 0 Å². The number of nitrogens with one attached hydrogen (secondary N) is 1. The summed E-state index contributed by atoms with van der Waals surface area (Å²) < 4.78 is 14.5. The van der Waals surface area contributed by atoms with Gasteiger partial charge in [0.2, 0.25) is 0 Å². The summed E-state index contributed by atoms with van der Waals surface area (Å²) in [5, 5.41) is 11.9. The molecule has 0 saturated carbocycles. The van der Waals surface area contributed by atoms with Crippen molar-refractivity contribution in [3.8, 4) is 11.1 Å². The van der Waals surface area contributed by atoms with Gasteiger partial charge in [0.05, 0.1) is 0 Å². The minimum Gasteiger partial charge on any atom is -0.478 e. The van der Waals surface area contributed by atoms with Crippen LogP contribution in [-0.2, 0) is 4.79 Å². The van der Waals surface area contributed by atoms with Gasteiger partial charge in [0.15, 0.2) is 0 Å². The lowest BCUT2D eigenvalue weighted by Crippen LogP contribution is -2.37. The van der Waals surface area contributed by atoms with Crippen molar-refractivity contribution in [3.05, 3.63) is 59.4 Å². The molecule has 166 valence electrons. The van der Waals surface area contributed by atoms with Crippen molar-refractivity contribution in [1.82, 2.24) is 5.32 Å². The minimum absolute atomic E-state index is 0.0617. The quantitative estimate of drug-likeness (QED) is 0.356. The zero-order valence-corrected chi connectivity index (χ0v) is 18.5. The number of unbranched alkanes of at least 4 members (excludes halogenated alkanes) is 4. The molecule has 5 nitrogen and oxygen atoms in total. The maximum atomic E-state index is 14.5. The van der Waals surface area contributed by atoms with Gasteiger partial charge in [-0.05, 0) is 48.7 Å². The van der Waals surface area contributed by atoms with E-state index in [0.717, 1.165) is 18.4 Å². The Kier molecular flexibility index (Phi) is 9.25. The molecule has 0 bridgehead atoms. The lowest BCUT2D eigenvalue weighted by Gasteiger charge is -2.19. The highest BCUT2D eigenvalue weighted by Gasteiger charge is 2.12. The van der Waals surface area contributed by atoms with Crippen molar-refractivity contribution >= 4 is 23.8 Å². The largest absolute Gasteiger partial charge is 0.478 e. The third-order valence-electron chi connectivity index (χ3n) is 5.14. The number of halogens is 1. The van der Waals surface area contributed by atoms with Gasteiger partial charge in [-0.15, -0.1) is 0 Å². The van der Waals surface area contributed by atoms with Crippen LogP contribution in [0.15, 0.2) is 48.0 Å². The van der Waals surface area contributed by atoms with E-state index in [0.29, 0.717) is 17.8 Å². The summed E-state index contributed by atoms with van der Waals surface area (Å²) in [6, 6.07) is 11.8. The van der Waals surface area contributed by atoms with E-state index in [1.165, 1.54) is 38.3 Å². The highest BCUT2D eigenvalue weighted by molar-refractivity contribution is 5.92. The van der Waals surface area contributed by atoms with Crippen molar-refractivity contribution < 1.29 is 19.1 Å². The number of carboxylic acids is 1. The molecule has 0 aliphatic rings. The van der Waals surface area contributed by atoms with Crippen LogP contribution in [0.4, 0.5) is 14.9 Å². The molecular formula is C25H31FN2O3. The standard InChI is InChI=1S/C25H31FN2O3/c1-4-5-6-7-8-14-27-25(31)28(3)22-11-9-10-19(16-22)20-12-13-21(23(26)17-20)15-18(2)24(29)30/h9-13,15-17H,4-8,14H2,1-3H3,(H,27,31)(H,29,30). The van der Waals surface area contributed by atoms with Gasteiger partial charge in [0.1, 0.15) is 5.82 Å². The van der Waals surface area contributed by atoms with Gasteiger partial charge in [-0.1, -0.05) is 56.9 Å². The number of aliphatic carboxylic acids is 1. The number of hydrogen-bond acceptors (Lipinski definition) is 2. The van der Waals surface area contributed by atoms with E-state index >= 15 is 0 Å². The molecule has 31 heavy (non-hydrogen) atoms. The van der Waals surface area contributed by atoms with Gasteiger partial charge in [0.25, 0.3) is 0 Å². The molecule has 2 rings (SSSR count). The zero-order valence-electron chi connectivity index (χ0n) is 18.5. The number of urea groups is 1. The zero-order chi connectivity index (χ0) is 22.8. The Labute approximate surface area is 183 Å². The Bertz CT molecular complexity index is 940. The monoisotopic (exact) mass is 426 g/mol. The number of hydrogen-bond donors (Lipinski definition) is 2. The predicted molar refractivity (Wildman–Crippen MR) is 124 cm³/mol. The number of carbonyl (C=O) groups excluding carboxylic acids is 1. The summed E-state index contributed by atoms with van der Waals surface area (Å²) in [6.45, 7) is 4.23. The van der Waals surface area contributed by atoms with Crippen molar-refractivity contribution in [1.29, 1.82) is 0 Å². The molecule has 0 aliphatic carbocycles. The number of carboxylic acid groups (broad SMARTS) is 1. The third kappa shape index (κ3) is 7.24. The fraction of sp³-hybridized carbons (Fsp3) is 0.360. The lowest BCUT2D eigenvalue weighted by atomic mass is 10.0. The molecule has 2 aromatic carbocycles. The number of nitrogens with zero attached hydrogens (tertiary/aromatic N) is 1. The van der Waals surface area contributed by atoms with Gasteiger partial charge in [-0.3, -0.25) is 4.90 Å². The average molecular weight is 427 g/mol. The molecule has 2 aromatic rings. The van der Waals surface area contributed by atoms with Crippen LogP contribution in [0.5, 0.6) is 0 Å². The third-order valence-corrected chi connectivity index (χ3v) is 5.14. The van der Waals surface area contributed by atoms with Crippen LogP contribution in [0.2, 0.25) is 0 Å². The molecule has 0 fully saturated rings. The molecule has 0 aromatic heterocycles. The molecule has 0 heterocycles. The van der Waals surface area contributed by atoms with Gasteiger partial charge in [-0.2, -0.15) is 0 Å². The van der Waals surface area contributed by atoms with E-state index in [-0.39, 0.29) is 17.2 Å². The Morgan fingerprint density at radius 3 is 2.45 bits per heavy atom. The van der Waals surface area contributed by atoms with E-state index in [2.05, 4.69) is 12.2 Å². The van der Waals surface area contributed by atoms with E-state index in [1.807, 2.05) is 24.3 Å². The van der Waals surface area contributed by atoms with Crippen molar-refractivity contribution in [2.75, 3.05) is 18.5 Å². The molecule has 0 atom stereocenters. The van der Waals surface area contributed by atoms with Crippen LogP contribution in [0.1, 0.15) is 51.5 Å². The topological polar surface area (TPSA) is 69.6 Å². The van der Waals surface area contributed by atoms with Crippen LogP contribution < -0.4 is 10.2 Å². The first kappa shape index (κ1) is 24.1. The summed E-state index contributed by atoms with van der Waals surface area (Å²) in [6.07, 6.45) is 6.97. The second kappa shape index (κ2) is 11.9. The van der Waals surface area contributed by atoms with Crippen LogP contribution >= 0.6 is 0 Å². The molecule has 0 aliphatic heterocycles. The number of benzene rings is 2. The molecular weight excluding hydrogens is 395 g/mol. The maximum Gasteiger partial charge on any atom is 0.331 e. The Morgan fingerprint density at radius 2 is 1.77 bits per heavy atom.